The molecule has 0 radical (unpaired) electrons. The van der Waals surface area contributed by atoms with Crippen LogP contribution in [0.1, 0.15) is 52.9 Å². The lowest BCUT2D eigenvalue weighted by Crippen LogP contribution is -2.40. The van der Waals surface area contributed by atoms with Crippen molar-refractivity contribution < 1.29 is 4.79 Å². The molecule has 0 aromatic rings. The van der Waals surface area contributed by atoms with Crippen molar-refractivity contribution in [2.75, 3.05) is 13.6 Å². The van der Waals surface area contributed by atoms with Gasteiger partial charge in [0.15, 0.2) is 5.78 Å². The number of carbonyl (C=O) groups excluding carboxylic acids is 1. The summed E-state index contributed by atoms with van der Waals surface area (Å²) in [7, 11) is 2.10. The number of rotatable bonds is 3. The lowest BCUT2D eigenvalue weighted by atomic mass is 9.89. The van der Waals surface area contributed by atoms with E-state index in [1.54, 1.807) is 0 Å². The molecule has 0 aromatic heterocycles. The summed E-state index contributed by atoms with van der Waals surface area (Å²) >= 11 is 0. The zero-order valence-corrected chi connectivity index (χ0v) is 10.7. The number of hydrogen-bond donors (Lipinski definition) is 0. The first kappa shape index (κ1) is 12.7. The van der Waals surface area contributed by atoms with Gasteiger partial charge in [0.25, 0.3) is 0 Å². The van der Waals surface area contributed by atoms with Crippen molar-refractivity contribution in [3.05, 3.63) is 0 Å². The van der Waals surface area contributed by atoms with E-state index in [0.29, 0.717) is 18.4 Å². The molecule has 2 heteroatoms. The molecule has 0 amide bonds. The van der Waals surface area contributed by atoms with Gasteiger partial charge in [0.05, 0.1) is 6.54 Å². The van der Waals surface area contributed by atoms with Crippen LogP contribution in [-0.4, -0.2) is 30.3 Å². The monoisotopic (exact) mass is 211 g/mol. The normalized spacial score (nSPS) is 19.5. The fourth-order valence-corrected chi connectivity index (χ4v) is 2.11. The van der Waals surface area contributed by atoms with Crippen LogP contribution in [0.3, 0.4) is 0 Å². The van der Waals surface area contributed by atoms with E-state index in [9.17, 15) is 4.79 Å². The zero-order valence-electron chi connectivity index (χ0n) is 10.7. The molecule has 0 N–H and O–H groups in total. The Balaban J connectivity index is 2.40. The van der Waals surface area contributed by atoms with Crippen LogP contribution in [0.5, 0.6) is 0 Å². The number of nitrogens with zero attached hydrogens (tertiary/aromatic N) is 1. The Morgan fingerprint density at radius 3 is 2.20 bits per heavy atom. The molecule has 0 aliphatic heterocycles. The van der Waals surface area contributed by atoms with Crippen LogP contribution in [0.25, 0.3) is 0 Å². The number of hydrogen-bond acceptors (Lipinski definition) is 2. The number of carbonyl (C=O) groups is 1. The van der Waals surface area contributed by atoms with E-state index in [4.69, 9.17) is 0 Å². The van der Waals surface area contributed by atoms with Crippen LogP contribution in [0.2, 0.25) is 0 Å². The number of likely N-dealkylation sites (N-methyl/N-ethyl adjacent to an activating group) is 1. The van der Waals surface area contributed by atoms with Gasteiger partial charge in [-0.3, -0.25) is 9.69 Å². The zero-order chi connectivity index (χ0) is 11.5. The maximum atomic E-state index is 11.9. The molecule has 0 bridgehead atoms. The Hall–Kier alpha value is -0.370. The first-order valence-corrected chi connectivity index (χ1v) is 6.15. The predicted octanol–water partition coefficient (Wildman–Crippen LogP) is 2.87. The van der Waals surface area contributed by atoms with E-state index < -0.39 is 0 Å². The highest BCUT2D eigenvalue weighted by atomic mass is 16.1. The molecule has 1 aliphatic rings. The third-order valence-corrected chi connectivity index (χ3v) is 3.43. The summed E-state index contributed by atoms with van der Waals surface area (Å²) in [6, 6.07) is 0.644. The second-order valence-corrected chi connectivity index (χ2v) is 5.88. The van der Waals surface area contributed by atoms with Gasteiger partial charge in [-0.05, 0) is 19.9 Å². The van der Waals surface area contributed by atoms with Crippen LogP contribution >= 0.6 is 0 Å². The van der Waals surface area contributed by atoms with Gasteiger partial charge in [-0.15, -0.1) is 0 Å². The van der Waals surface area contributed by atoms with Crippen LogP contribution < -0.4 is 0 Å². The molecule has 1 rings (SSSR count). The Morgan fingerprint density at radius 1 is 1.20 bits per heavy atom. The van der Waals surface area contributed by atoms with Crippen molar-refractivity contribution in [3.8, 4) is 0 Å². The largest absolute Gasteiger partial charge is 0.298 e. The summed E-state index contributed by atoms with van der Waals surface area (Å²) in [5.74, 6) is 0.357. The van der Waals surface area contributed by atoms with Crippen LogP contribution in [0.4, 0.5) is 0 Å². The van der Waals surface area contributed by atoms with Gasteiger partial charge in [-0.2, -0.15) is 0 Å². The molecular formula is C13H25NO. The van der Waals surface area contributed by atoms with Gasteiger partial charge < -0.3 is 0 Å². The lowest BCUT2D eigenvalue weighted by Gasteiger charge is -2.32. The molecule has 0 unspecified atom stereocenters. The SMILES string of the molecule is CN(CC(=O)C(C)(C)C)C1CCCCC1. The predicted molar refractivity (Wildman–Crippen MR) is 64.0 cm³/mol. The highest BCUT2D eigenvalue weighted by Gasteiger charge is 2.25. The van der Waals surface area contributed by atoms with Crippen LogP contribution in [0.15, 0.2) is 0 Å². The van der Waals surface area contributed by atoms with Crippen molar-refractivity contribution in [2.45, 2.75) is 58.9 Å². The standard InChI is InChI=1S/C13H25NO/c1-13(2,3)12(15)10-14(4)11-8-6-5-7-9-11/h11H,5-10H2,1-4H3. The molecule has 0 saturated heterocycles. The van der Waals surface area contributed by atoms with Gasteiger partial charge in [-0.25, -0.2) is 0 Å². The summed E-state index contributed by atoms with van der Waals surface area (Å²) in [5.41, 5.74) is -0.192. The Bertz CT molecular complexity index is 211. The molecule has 2 nitrogen and oxygen atoms in total. The second-order valence-electron chi connectivity index (χ2n) is 5.88. The third-order valence-electron chi connectivity index (χ3n) is 3.43. The van der Waals surface area contributed by atoms with E-state index in [1.165, 1.54) is 32.1 Å². The average molecular weight is 211 g/mol. The van der Waals surface area contributed by atoms with E-state index in [2.05, 4.69) is 11.9 Å². The highest BCUT2D eigenvalue weighted by molar-refractivity contribution is 5.85. The third kappa shape index (κ3) is 3.94. The van der Waals surface area contributed by atoms with Crippen molar-refractivity contribution in [3.63, 3.8) is 0 Å². The number of Topliss-reactive ketones (excluding diaryl/α,β-unsaturated/α-hetero) is 1. The maximum Gasteiger partial charge on any atom is 0.152 e. The minimum absolute atomic E-state index is 0.192. The quantitative estimate of drug-likeness (QED) is 0.715. The summed E-state index contributed by atoms with van der Waals surface area (Å²) in [5, 5.41) is 0. The minimum atomic E-state index is -0.192. The number of ketones is 1. The minimum Gasteiger partial charge on any atom is -0.298 e. The van der Waals surface area contributed by atoms with Crippen molar-refractivity contribution in [2.24, 2.45) is 5.41 Å². The van der Waals surface area contributed by atoms with E-state index >= 15 is 0 Å². The van der Waals surface area contributed by atoms with Crippen LogP contribution in [-0.2, 0) is 4.79 Å². The first-order chi connectivity index (χ1) is 6.91. The topological polar surface area (TPSA) is 20.3 Å². The van der Waals surface area contributed by atoms with E-state index in [-0.39, 0.29) is 5.41 Å². The Morgan fingerprint density at radius 2 is 1.73 bits per heavy atom. The lowest BCUT2D eigenvalue weighted by molar-refractivity contribution is -0.127. The summed E-state index contributed by atoms with van der Waals surface area (Å²) in [6.45, 7) is 6.63. The maximum absolute atomic E-state index is 11.9. The first-order valence-electron chi connectivity index (χ1n) is 6.15. The molecule has 0 aromatic carbocycles. The Kier molecular flexibility index (Phi) is 4.32. The molecule has 15 heavy (non-hydrogen) atoms. The van der Waals surface area contributed by atoms with E-state index in [1.807, 2.05) is 20.8 Å². The molecule has 0 spiro atoms. The van der Waals surface area contributed by atoms with Crippen molar-refractivity contribution in [1.82, 2.24) is 4.90 Å². The van der Waals surface area contributed by atoms with Gasteiger partial charge >= 0.3 is 0 Å². The second kappa shape index (κ2) is 5.11. The van der Waals surface area contributed by atoms with Crippen molar-refractivity contribution in [1.29, 1.82) is 0 Å². The summed E-state index contributed by atoms with van der Waals surface area (Å²) in [6.07, 6.45) is 6.58. The van der Waals surface area contributed by atoms with Crippen molar-refractivity contribution >= 4 is 5.78 Å². The highest BCUT2D eigenvalue weighted by Crippen LogP contribution is 2.23. The van der Waals surface area contributed by atoms with Gasteiger partial charge in [0.1, 0.15) is 0 Å². The summed E-state index contributed by atoms with van der Waals surface area (Å²) in [4.78, 5) is 14.1. The molecule has 0 atom stereocenters. The average Bonchev–Trinajstić information content (AvgIpc) is 2.17. The van der Waals surface area contributed by atoms with Gasteiger partial charge in [0.2, 0.25) is 0 Å². The van der Waals surface area contributed by atoms with Gasteiger partial charge in [-0.1, -0.05) is 40.0 Å². The molecular weight excluding hydrogens is 186 g/mol. The Labute approximate surface area is 94.0 Å². The smallest absolute Gasteiger partial charge is 0.152 e. The van der Waals surface area contributed by atoms with Gasteiger partial charge in [0, 0.05) is 11.5 Å². The molecule has 88 valence electrons. The summed E-state index contributed by atoms with van der Waals surface area (Å²) < 4.78 is 0. The van der Waals surface area contributed by atoms with E-state index in [0.717, 1.165) is 0 Å². The molecule has 0 heterocycles. The molecule has 1 aliphatic carbocycles. The fourth-order valence-electron chi connectivity index (χ4n) is 2.11. The molecule has 1 saturated carbocycles. The van der Waals surface area contributed by atoms with Crippen LogP contribution in [0, 0.1) is 5.41 Å². The molecule has 1 fully saturated rings. The fraction of sp³-hybridized carbons (Fsp3) is 0.923.